The highest BCUT2D eigenvalue weighted by atomic mass is 16.5. The number of aliphatic hydroxyl groups excluding tert-OH is 1. The number of nitrogens with two attached hydrogens (primary N) is 1. The number of rotatable bonds is 5. The predicted molar refractivity (Wildman–Crippen MR) is 56.5 cm³/mol. The zero-order chi connectivity index (χ0) is 10.4. The second-order valence-electron chi connectivity index (χ2n) is 3.06. The van der Waals surface area contributed by atoms with Gasteiger partial charge in [-0.15, -0.1) is 0 Å². The molecule has 0 amide bonds. The first-order valence-corrected chi connectivity index (χ1v) is 4.50. The lowest BCUT2D eigenvalue weighted by atomic mass is 10.2. The molecule has 1 aromatic carbocycles. The second-order valence-corrected chi connectivity index (χ2v) is 3.06. The standard InChI is InChI=1S/C10H16N2O2/c1-14-10-4-2-3-9(5-10)12-6-8(11)7-13/h2-5,8,12-13H,6-7,11H2,1H3. The fraction of sp³-hybridized carbons (Fsp3) is 0.400. The highest BCUT2D eigenvalue weighted by Crippen LogP contribution is 2.16. The zero-order valence-electron chi connectivity index (χ0n) is 8.23. The summed E-state index contributed by atoms with van der Waals surface area (Å²) in [5.74, 6) is 0.799. The van der Waals surface area contributed by atoms with Gasteiger partial charge in [0.05, 0.1) is 13.7 Å². The van der Waals surface area contributed by atoms with E-state index in [4.69, 9.17) is 15.6 Å². The van der Waals surface area contributed by atoms with Gasteiger partial charge in [0, 0.05) is 24.3 Å². The van der Waals surface area contributed by atoms with Crippen molar-refractivity contribution >= 4 is 5.69 Å². The molecular weight excluding hydrogens is 180 g/mol. The van der Waals surface area contributed by atoms with Gasteiger partial charge in [-0.1, -0.05) is 6.07 Å². The minimum absolute atomic E-state index is 0.0169. The third-order valence-electron chi connectivity index (χ3n) is 1.87. The average Bonchev–Trinajstić information content (AvgIpc) is 2.26. The van der Waals surface area contributed by atoms with E-state index in [1.54, 1.807) is 7.11 Å². The molecule has 1 rings (SSSR count). The molecule has 0 saturated carbocycles. The lowest BCUT2D eigenvalue weighted by Crippen LogP contribution is -2.32. The number of aliphatic hydroxyl groups is 1. The Morgan fingerprint density at radius 3 is 3.00 bits per heavy atom. The van der Waals surface area contributed by atoms with Gasteiger partial charge in [0.1, 0.15) is 5.75 Å². The van der Waals surface area contributed by atoms with Crippen molar-refractivity contribution in [1.82, 2.24) is 0 Å². The monoisotopic (exact) mass is 196 g/mol. The van der Waals surface area contributed by atoms with Crippen LogP contribution in [0.4, 0.5) is 5.69 Å². The first-order valence-electron chi connectivity index (χ1n) is 4.50. The van der Waals surface area contributed by atoms with Gasteiger partial charge in [0.15, 0.2) is 0 Å². The molecule has 0 aliphatic rings. The largest absolute Gasteiger partial charge is 0.497 e. The second kappa shape index (κ2) is 5.47. The topological polar surface area (TPSA) is 67.5 Å². The van der Waals surface area contributed by atoms with E-state index in [1.165, 1.54) is 0 Å². The molecule has 0 aliphatic heterocycles. The fourth-order valence-electron chi connectivity index (χ4n) is 1.05. The highest BCUT2D eigenvalue weighted by molar-refractivity contribution is 5.48. The molecule has 1 aromatic rings. The van der Waals surface area contributed by atoms with E-state index in [0.717, 1.165) is 11.4 Å². The Hall–Kier alpha value is -1.26. The van der Waals surface area contributed by atoms with Crippen LogP contribution in [0.25, 0.3) is 0 Å². The van der Waals surface area contributed by atoms with E-state index in [0.29, 0.717) is 6.54 Å². The van der Waals surface area contributed by atoms with Gasteiger partial charge in [-0.2, -0.15) is 0 Å². The molecule has 4 nitrogen and oxygen atoms in total. The van der Waals surface area contributed by atoms with Crippen molar-refractivity contribution in [2.45, 2.75) is 6.04 Å². The van der Waals surface area contributed by atoms with Crippen molar-refractivity contribution in [3.8, 4) is 5.75 Å². The van der Waals surface area contributed by atoms with Gasteiger partial charge < -0.3 is 20.9 Å². The maximum atomic E-state index is 8.72. The van der Waals surface area contributed by atoms with Gasteiger partial charge in [-0.05, 0) is 12.1 Å². The molecule has 14 heavy (non-hydrogen) atoms. The molecule has 0 radical (unpaired) electrons. The molecule has 0 fully saturated rings. The van der Waals surface area contributed by atoms with Crippen LogP contribution in [0.3, 0.4) is 0 Å². The minimum Gasteiger partial charge on any atom is -0.497 e. The Labute approximate surface area is 83.7 Å². The van der Waals surface area contributed by atoms with E-state index in [2.05, 4.69) is 5.32 Å². The first kappa shape index (κ1) is 10.8. The van der Waals surface area contributed by atoms with Crippen LogP contribution in [-0.2, 0) is 0 Å². The summed E-state index contributed by atoms with van der Waals surface area (Å²) in [6.45, 7) is 0.528. The van der Waals surface area contributed by atoms with E-state index in [-0.39, 0.29) is 12.6 Å². The summed E-state index contributed by atoms with van der Waals surface area (Å²) in [6, 6.07) is 7.33. The Balaban J connectivity index is 2.50. The van der Waals surface area contributed by atoms with Crippen LogP contribution in [0.15, 0.2) is 24.3 Å². The Morgan fingerprint density at radius 1 is 1.57 bits per heavy atom. The summed E-state index contributed by atoms with van der Waals surface area (Å²) in [5.41, 5.74) is 6.49. The third-order valence-corrected chi connectivity index (χ3v) is 1.87. The van der Waals surface area contributed by atoms with Gasteiger partial charge in [0.25, 0.3) is 0 Å². The smallest absolute Gasteiger partial charge is 0.120 e. The van der Waals surface area contributed by atoms with E-state index in [9.17, 15) is 0 Å². The number of hydrogen-bond donors (Lipinski definition) is 3. The molecule has 0 aliphatic carbocycles. The van der Waals surface area contributed by atoms with Crippen LogP contribution >= 0.6 is 0 Å². The molecule has 1 atom stereocenters. The average molecular weight is 196 g/mol. The van der Waals surface area contributed by atoms with Crippen molar-refractivity contribution < 1.29 is 9.84 Å². The number of nitrogens with one attached hydrogen (secondary N) is 1. The molecule has 4 N–H and O–H groups in total. The van der Waals surface area contributed by atoms with Gasteiger partial charge in [-0.25, -0.2) is 0 Å². The number of hydrogen-bond acceptors (Lipinski definition) is 4. The highest BCUT2D eigenvalue weighted by Gasteiger charge is 2.00. The van der Waals surface area contributed by atoms with E-state index < -0.39 is 0 Å². The molecule has 0 heterocycles. The van der Waals surface area contributed by atoms with Crippen LogP contribution in [0, 0.1) is 0 Å². The predicted octanol–water partition coefficient (Wildman–Crippen LogP) is 0.427. The molecule has 4 heteroatoms. The summed E-state index contributed by atoms with van der Waals surface area (Å²) in [4.78, 5) is 0. The minimum atomic E-state index is -0.235. The molecule has 1 unspecified atom stereocenters. The summed E-state index contributed by atoms with van der Waals surface area (Å²) < 4.78 is 5.07. The maximum Gasteiger partial charge on any atom is 0.120 e. The van der Waals surface area contributed by atoms with Crippen molar-refractivity contribution in [3.05, 3.63) is 24.3 Å². The van der Waals surface area contributed by atoms with Crippen molar-refractivity contribution in [2.24, 2.45) is 5.73 Å². The van der Waals surface area contributed by atoms with Gasteiger partial charge in [0.2, 0.25) is 0 Å². The Bertz CT molecular complexity index is 279. The zero-order valence-corrected chi connectivity index (χ0v) is 8.23. The molecular formula is C10H16N2O2. The van der Waals surface area contributed by atoms with E-state index in [1.807, 2.05) is 24.3 Å². The van der Waals surface area contributed by atoms with Crippen molar-refractivity contribution in [2.75, 3.05) is 25.6 Å². The fourth-order valence-corrected chi connectivity index (χ4v) is 1.05. The third kappa shape index (κ3) is 3.24. The molecule has 0 bridgehead atoms. The Morgan fingerprint density at radius 2 is 2.36 bits per heavy atom. The Kier molecular flexibility index (Phi) is 4.22. The summed E-state index contributed by atoms with van der Waals surface area (Å²) in [5, 5.41) is 11.8. The van der Waals surface area contributed by atoms with Gasteiger partial charge >= 0.3 is 0 Å². The van der Waals surface area contributed by atoms with Gasteiger partial charge in [-0.3, -0.25) is 0 Å². The number of anilines is 1. The molecule has 0 aromatic heterocycles. The van der Waals surface area contributed by atoms with Crippen LogP contribution < -0.4 is 15.8 Å². The quantitative estimate of drug-likeness (QED) is 0.638. The van der Waals surface area contributed by atoms with Crippen LogP contribution in [0.2, 0.25) is 0 Å². The van der Waals surface area contributed by atoms with Crippen LogP contribution in [0.1, 0.15) is 0 Å². The molecule has 0 spiro atoms. The summed E-state index contributed by atoms with van der Waals surface area (Å²) >= 11 is 0. The maximum absolute atomic E-state index is 8.72. The SMILES string of the molecule is COc1cccc(NCC(N)CO)c1. The summed E-state index contributed by atoms with van der Waals surface area (Å²) in [7, 11) is 1.62. The molecule has 0 saturated heterocycles. The number of methoxy groups -OCH3 is 1. The lowest BCUT2D eigenvalue weighted by molar-refractivity contribution is 0.270. The molecule has 78 valence electrons. The van der Waals surface area contributed by atoms with Crippen LogP contribution in [-0.4, -0.2) is 31.4 Å². The number of benzene rings is 1. The van der Waals surface area contributed by atoms with Crippen molar-refractivity contribution in [3.63, 3.8) is 0 Å². The number of ether oxygens (including phenoxy) is 1. The lowest BCUT2D eigenvalue weighted by Gasteiger charge is -2.11. The van der Waals surface area contributed by atoms with Crippen molar-refractivity contribution in [1.29, 1.82) is 0 Å². The first-order chi connectivity index (χ1) is 6.76. The summed E-state index contributed by atoms with van der Waals surface area (Å²) in [6.07, 6.45) is 0. The normalized spacial score (nSPS) is 12.2. The van der Waals surface area contributed by atoms with Crippen LogP contribution in [0.5, 0.6) is 5.75 Å². The van der Waals surface area contributed by atoms with E-state index >= 15 is 0 Å².